The van der Waals surface area contributed by atoms with Crippen molar-refractivity contribution in [1.82, 2.24) is 15.5 Å². The van der Waals surface area contributed by atoms with Gasteiger partial charge < -0.3 is 4.52 Å². The van der Waals surface area contributed by atoms with Crippen molar-refractivity contribution >= 4 is 5.91 Å². The minimum Gasteiger partial charge on any atom is -0.359 e. The lowest BCUT2D eigenvalue weighted by Gasteiger charge is -2.31. The fourth-order valence-corrected chi connectivity index (χ4v) is 2.13. The minimum atomic E-state index is -0.424. The molecule has 0 unspecified atom stereocenters. The molecule has 0 aliphatic heterocycles. The van der Waals surface area contributed by atoms with Crippen molar-refractivity contribution < 1.29 is 9.32 Å². The molecule has 1 heterocycles. The summed E-state index contributed by atoms with van der Waals surface area (Å²) >= 11 is 0. The van der Waals surface area contributed by atoms with Gasteiger partial charge in [0, 0.05) is 12.6 Å². The number of carbonyl (C=O) groups excluding carboxylic acids is 1. The smallest absolute Gasteiger partial charge is 0.287 e. The van der Waals surface area contributed by atoms with Crippen LogP contribution in [0.3, 0.4) is 0 Å². The largest absolute Gasteiger partial charge is 0.359 e. The lowest BCUT2D eigenvalue weighted by atomic mass is 9.85. The van der Waals surface area contributed by atoms with Gasteiger partial charge in [-0.05, 0) is 25.3 Å². The van der Waals surface area contributed by atoms with Gasteiger partial charge in [-0.1, -0.05) is 18.5 Å². The highest BCUT2D eigenvalue weighted by atomic mass is 16.5. The molecule has 100 valence electrons. The van der Waals surface area contributed by atoms with Crippen LogP contribution < -0.4 is 11.3 Å². The Labute approximate surface area is 106 Å². The molecular weight excluding hydrogens is 232 g/mol. The molecule has 3 N–H and O–H groups in total. The zero-order chi connectivity index (χ0) is 13.0. The summed E-state index contributed by atoms with van der Waals surface area (Å²) in [5.41, 5.74) is 2.27. The first-order valence-electron chi connectivity index (χ1n) is 6.41. The van der Waals surface area contributed by atoms with Gasteiger partial charge in [0.05, 0.1) is 6.54 Å². The van der Waals surface area contributed by atoms with Gasteiger partial charge in [0.2, 0.25) is 0 Å². The molecule has 6 heteroatoms. The van der Waals surface area contributed by atoms with Crippen molar-refractivity contribution in [3.05, 3.63) is 17.5 Å². The van der Waals surface area contributed by atoms with Crippen molar-refractivity contribution in [3.8, 4) is 0 Å². The third-order valence-corrected chi connectivity index (χ3v) is 3.49. The van der Waals surface area contributed by atoms with E-state index in [1.807, 2.05) is 5.43 Å². The molecule has 1 aliphatic rings. The number of hydrazine groups is 1. The molecule has 2 rings (SSSR count). The van der Waals surface area contributed by atoms with Crippen LogP contribution in [0.2, 0.25) is 0 Å². The summed E-state index contributed by atoms with van der Waals surface area (Å²) < 4.78 is 5.15. The van der Waals surface area contributed by atoms with Gasteiger partial charge in [0.1, 0.15) is 0 Å². The van der Waals surface area contributed by atoms with Gasteiger partial charge in [-0.2, -0.15) is 0 Å². The molecule has 0 radical (unpaired) electrons. The summed E-state index contributed by atoms with van der Waals surface area (Å²) in [4.78, 5) is 13.6. The molecule has 1 aliphatic carbocycles. The number of nitrogen functional groups attached to an aromatic ring is 1. The lowest BCUT2D eigenvalue weighted by Crippen LogP contribution is -2.32. The average molecular weight is 252 g/mol. The quantitative estimate of drug-likeness (QED) is 0.446. The van der Waals surface area contributed by atoms with Gasteiger partial charge in [0.25, 0.3) is 5.91 Å². The van der Waals surface area contributed by atoms with Crippen LogP contribution in [-0.2, 0) is 6.54 Å². The number of nitrogens with zero attached hydrogens (tertiary/aromatic N) is 2. The van der Waals surface area contributed by atoms with E-state index in [0.717, 1.165) is 19.0 Å². The number of aromatic nitrogens is 1. The zero-order valence-corrected chi connectivity index (χ0v) is 10.7. The van der Waals surface area contributed by atoms with Crippen molar-refractivity contribution in [1.29, 1.82) is 0 Å². The van der Waals surface area contributed by atoms with Crippen molar-refractivity contribution in [2.45, 2.75) is 32.7 Å². The minimum absolute atomic E-state index is 0.229. The summed E-state index contributed by atoms with van der Waals surface area (Å²) in [5, 5.41) is 3.69. The van der Waals surface area contributed by atoms with E-state index < -0.39 is 5.91 Å². The molecule has 1 amide bonds. The highest BCUT2D eigenvalue weighted by Crippen LogP contribution is 2.27. The Morgan fingerprint density at radius 2 is 2.44 bits per heavy atom. The van der Waals surface area contributed by atoms with E-state index in [1.165, 1.54) is 19.3 Å². The van der Waals surface area contributed by atoms with Gasteiger partial charge in [-0.3, -0.25) is 15.1 Å². The maximum atomic E-state index is 11.2. The Balaban J connectivity index is 1.89. The van der Waals surface area contributed by atoms with E-state index in [0.29, 0.717) is 12.3 Å². The predicted octanol–water partition coefficient (Wildman–Crippen LogP) is 0.900. The Bertz CT molecular complexity index is 401. The third-order valence-electron chi connectivity index (χ3n) is 3.49. The van der Waals surface area contributed by atoms with Gasteiger partial charge in [-0.25, -0.2) is 5.84 Å². The van der Waals surface area contributed by atoms with Crippen LogP contribution in [0, 0.1) is 5.92 Å². The SMILES string of the molecule is CCN(Cc1cc(C(=O)NN)no1)CC1CCC1. The highest BCUT2D eigenvalue weighted by molar-refractivity contribution is 5.91. The summed E-state index contributed by atoms with van der Waals surface area (Å²) in [5.74, 6) is 6.14. The molecule has 1 aromatic rings. The second-order valence-corrected chi connectivity index (χ2v) is 4.78. The van der Waals surface area contributed by atoms with Crippen LogP contribution in [0.15, 0.2) is 10.6 Å². The molecule has 1 fully saturated rings. The van der Waals surface area contributed by atoms with Crippen LogP contribution >= 0.6 is 0 Å². The van der Waals surface area contributed by atoms with E-state index >= 15 is 0 Å². The maximum Gasteiger partial charge on any atom is 0.287 e. The molecular formula is C12H20N4O2. The highest BCUT2D eigenvalue weighted by Gasteiger charge is 2.21. The number of hydrogen-bond donors (Lipinski definition) is 2. The van der Waals surface area contributed by atoms with Gasteiger partial charge in [0.15, 0.2) is 11.5 Å². The fourth-order valence-electron chi connectivity index (χ4n) is 2.13. The van der Waals surface area contributed by atoms with E-state index in [2.05, 4.69) is 17.0 Å². The first-order valence-corrected chi connectivity index (χ1v) is 6.41. The van der Waals surface area contributed by atoms with Crippen LogP contribution in [0.25, 0.3) is 0 Å². The van der Waals surface area contributed by atoms with Crippen LogP contribution in [0.5, 0.6) is 0 Å². The molecule has 1 aromatic heterocycles. The topological polar surface area (TPSA) is 84.4 Å². The first-order chi connectivity index (χ1) is 8.72. The Morgan fingerprint density at radius 1 is 1.67 bits per heavy atom. The van der Waals surface area contributed by atoms with Crippen LogP contribution in [-0.4, -0.2) is 29.1 Å². The molecule has 1 saturated carbocycles. The summed E-state index contributed by atoms with van der Waals surface area (Å²) in [6.07, 6.45) is 4.01. The average Bonchev–Trinajstić information content (AvgIpc) is 2.79. The summed E-state index contributed by atoms with van der Waals surface area (Å²) in [7, 11) is 0. The Kier molecular flexibility index (Phi) is 4.33. The van der Waals surface area contributed by atoms with Crippen LogP contribution in [0.4, 0.5) is 0 Å². The Morgan fingerprint density at radius 3 is 3.00 bits per heavy atom. The summed E-state index contributed by atoms with van der Waals surface area (Å²) in [6, 6.07) is 1.64. The molecule has 0 atom stereocenters. The molecule has 0 bridgehead atoms. The van der Waals surface area contributed by atoms with E-state index in [9.17, 15) is 4.79 Å². The number of carbonyl (C=O) groups is 1. The number of amides is 1. The van der Waals surface area contributed by atoms with E-state index in [-0.39, 0.29) is 5.69 Å². The Hall–Kier alpha value is -1.40. The van der Waals surface area contributed by atoms with Crippen molar-refractivity contribution in [2.75, 3.05) is 13.1 Å². The van der Waals surface area contributed by atoms with Crippen LogP contribution in [0.1, 0.15) is 42.4 Å². The standard InChI is InChI=1S/C12H20N4O2/c1-2-16(7-9-4-3-5-9)8-10-6-11(15-18-10)12(17)14-13/h6,9H,2-5,7-8,13H2,1H3,(H,14,17). The normalized spacial score (nSPS) is 15.7. The maximum absolute atomic E-state index is 11.2. The number of hydrogen-bond acceptors (Lipinski definition) is 5. The fraction of sp³-hybridized carbons (Fsp3) is 0.667. The second-order valence-electron chi connectivity index (χ2n) is 4.78. The van der Waals surface area contributed by atoms with E-state index in [1.54, 1.807) is 6.07 Å². The molecule has 0 spiro atoms. The molecule has 18 heavy (non-hydrogen) atoms. The van der Waals surface area contributed by atoms with E-state index in [4.69, 9.17) is 10.4 Å². The second kappa shape index (κ2) is 5.97. The number of nitrogens with one attached hydrogen (secondary N) is 1. The monoisotopic (exact) mass is 252 g/mol. The lowest BCUT2D eigenvalue weighted by molar-refractivity contribution is 0.0944. The van der Waals surface area contributed by atoms with Crippen molar-refractivity contribution in [3.63, 3.8) is 0 Å². The molecule has 6 nitrogen and oxygen atoms in total. The predicted molar refractivity (Wildman–Crippen MR) is 66.4 cm³/mol. The van der Waals surface area contributed by atoms with Gasteiger partial charge in [-0.15, -0.1) is 0 Å². The van der Waals surface area contributed by atoms with Crippen molar-refractivity contribution in [2.24, 2.45) is 11.8 Å². The molecule has 0 aromatic carbocycles. The summed E-state index contributed by atoms with van der Waals surface area (Å²) in [6.45, 7) is 4.88. The number of rotatable bonds is 6. The first kappa shape index (κ1) is 13.0. The van der Waals surface area contributed by atoms with Gasteiger partial charge >= 0.3 is 0 Å². The number of nitrogens with two attached hydrogens (primary N) is 1. The third kappa shape index (κ3) is 3.08. The zero-order valence-electron chi connectivity index (χ0n) is 10.7. The molecule has 0 saturated heterocycles.